The Kier molecular flexibility index (Phi) is 5.60. The highest BCUT2D eigenvalue weighted by molar-refractivity contribution is 7.14. The van der Waals surface area contributed by atoms with Gasteiger partial charge in [0, 0.05) is 11.9 Å². The Hall–Kier alpha value is -2.28. The molecule has 1 aromatic carbocycles. The summed E-state index contributed by atoms with van der Waals surface area (Å²) < 4.78 is 13.5. The number of amides is 2. The fourth-order valence-corrected chi connectivity index (χ4v) is 2.40. The smallest absolute Gasteiger partial charge is 0.270 e. The average Bonchev–Trinajstić information content (AvgIpc) is 2.96. The molecule has 2 aromatic rings. The SMILES string of the molecule is CCCCNC(=O)c1csc(NC(=O)c2ccccc2F)n1. The topological polar surface area (TPSA) is 71.1 Å². The average molecular weight is 321 g/mol. The van der Waals surface area contributed by atoms with Gasteiger partial charge in [0.25, 0.3) is 11.8 Å². The van der Waals surface area contributed by atoms with E-state index in [0.29, 0.717) is 6.54 Å². The number of hydrogen-bond acceptors (Lipinski definition) is 4. The Morgan fingerprint density at radius 2 is 2.05 bits per heavy atom. The van der Waals surface area contributed by atoms with Crippen LogP contribution in [0.3, 0.4) is 0 Å². The van der Waals surface area contributed by atoms with Crippen molar-refractivity contribution in [3.05, 3.63) is 46.7 Å². The van der Waals surface area contributed by atoms with Crippen LogP contribution >= 0.6 is 11.3 Å². The molecule has 0 radical (unpaired) electrons. The molecule has 0 atom stereocenters. The predicted octanol–water partition coefficient (Wildman–Crippen LogP) is 3.06. The van der Waals surface area contributed by atoms with Crippen LogP contribution in [0.5, 0.6) is 0 Å². The number of benzene rings is 1. The zero-order valence-electron chi connectivity index (χ0n) is 12.1. The number of thiazole rings is 1. The van der Waals surface area contributed by atoms with Gasteiger partial charge in [0.05, 0.1) is 5.56 Å². The maximum Gasteiger partial charge on any atom is 0.270 e. The van der Waals surface area contributed by atoms with E-state index in [1.807, 2.05) is 6.92 Å². The van der Waals surface area contributed by atoms with Crippen molar-refractivity contribution in [2.45, 2.75) is 19.8 Å². The van der Waals surface area contributed by atoms with Crippen molar-refractivity contribution in [3.63, 3.8) is 0 Å². The highest BCUT2D eigenvalue weighted by Gasteiger charge is 2.15. The summed E-state index contributed by atoms with van der Waals surface area (Å²) in [5.41, 5.74) is 0.177. The monoisotopic (exact) mass is 321 g/mol. The van der Waals surface area contributed by atoms with Gasteiger partial charge >= 0.3 is 0 Å². The normalized spacial score (nSPS) is 10.3. The van der Waals surface area contributed by atoms with E-state index in [9.17, 15) is 14.0 Å². The minimum Gasteiger partial charge on any atom is -0.351 e. The number of unbranched alkanes of at least 4 members (excludes halogenated alkanes) is 1. The second-order valence-corrected chi connectivity index (χ2v) is 5.44. The van der Waals surface area contributed by atoms with E-state index in [1.54, 1.807) is 11.4 Å². The first-order valence-corrected chi connectivity index (χ1v) is 7.79. The number of rotatable bonds is 6. The van der Waals surface area contributed by atoms with E-state index in [4.69, 9.17) is 0 Å². The molecule has 2 rings (SSSR count). The quantitative estimate of drug-likeness (QED) is 0.803. The van der Waals surface area contributed by atoms with Crippen molar-refractivity contribution in [3.8, 4) is 0 Å². The van der Waals surface area contributed by atoms with Crippen LogP contribution in [-0.2, 0) is 0 Å². The minimum absolute atomic E-state index is 0.0633. The van der Waals surface area contributed by atoms with Crippen LogP contribution < -0.4 is 10.6 Å². The molecule has 0 saturated heterocycles. The van der Waals surface area contributed by atoms with Crippen molar-refractivity contribution in [1.29, 1.82) is 0 Å². The Bertz CT molecular complexity index is 672. The lowest BCUT2D eigenvalue weighted by Gasteiger charge is -2.03. The third-order valence-electron chi connectivity index (χ3n) is 2.89. The molecule has 5 nitrogen and oxygen atoms in total. The van der Waals surface area contributed by atoms with Crippen LogP contribution in [0.1, 0.15) is 40.6 Å². The molecule has 1 aromatic heterocycles. The summed E-state index contributed by atoms with van der Waals surface area (Å²) in [6, 6.07) is 5.68. The van der Waals surface area contributed by atoms with Crippen molar-refractivity contribution < 1.29 is 14.0 Å². The van der Waals surface area contributed by atoms with Crippen molar-refractivity contribution in [2.75, 3.05) is 11.9 Å². The number of nitrogens with zero attached hydrogens (tertiary/aromatic N) is 1. The van der Waals surface area contributed by atoms with Crippen LogP contribution in [0, 0.1) is 5.82 Å². The van der Waals surface area contributed by atoms with Gasteiger partial charge in [-0.3, -0.25) is 14.9 Å². The Morgan fingerprint density at radius 1 is 1.27 bits per heavy atom. The molecule has 2 amide bonds. The summed E-state index contributed by atoms with van der Waals surface area (Å²) in [6.07, 6.45) is 1.88. The summed E-state index contributed by atoms with van der Waals surface area (Å²) in [5, 5.41) is 7.04. The lowest BCUT2D eigenvalue weighted by Crippen LogP contribution is -2.24. The number of carbonyl (C=O) groups excluding carboxylic acids is 2. The van der Waals surface area contributed by atoms with Crippen molar-refractivity contribution >= 4 is 28.3 Å². The molecule has 0 aliphatic heterocycles. The summed E-state index contributed by atoms with van der Waals surface area (Å²) in [5.74, 6) is -1.48. The molecule has 0 saturated carbocycles. The van der Waals surface area contributed by atoms with E-state index >= 15 is 0 Å². The third-order valence-corrected chi connectivity index (χ3v) is 3.65. The first-order chi connectivity index (χ1) is 10.6. The fourth-order valence-electron chi connectivity index (χ4n) is 1.71. The van der Waals surface area contributed by atoms with Gasteiger partial charge in [-0.2, -0.15) is 0 Å². The Balaban J connectivity index is 1.99. The molecule has 7 heteroatoms. The van der Waals surface area contributed by atoms with Gasteiger partial charge in [-0.25, -0.2) is 9.37 Å². The van der Waals surface area contributed by atoms with Gasteiger partial charge in [-0.05, 0) is 18.6 Å². The van der Waals surface area contributed by atoms with E-state index in [0.717, 1.165) is 24.2 Å². The number of anilines is 1. The van der Waals surface area contributed by atoms with Crippen LogP contribution in [0.4, 0.5) is 9.52 Å². The van der Waals surface area contributed by atoms with Crippen molar-refractivity contribution in [1.82, 2.24) is 10.3 Å². The van der Waals surface area contributed by atoms with Gasteiger partial charge in [-0.1, -0.05) is 25.5 Å². The summed E-state index contributed by atoms with van der Waals surface area (Å²) >= 11 is 1.12. The zero-order valence-corrected chi connectivity index (χ0v) is 12.9. The molecular formula is C15H16FN3O2S. The van der Waals surface area contributed by atoms with Gasteiger partial charge in [0.2, 0.25) is 0 Å². The molecular weight excluding hydrogens is 305 g/mol. The molecule has 1 heterocycles. The van der Waals surface area contributed by atoms with Crippen molar-refractivity contribution in [2.24, 2.45) is 0 Å². The van der Waals surface area contributed by atoms with E-state index < -0.39 is 11.7 Å². The lowest BCUT2D eigenvalue weighted by molar-refractivity contribution is 0.0947. The van der Waals surface area contributed by atoms with E-state index in [-0.39, 0.29) is 22.3 Å². The van der Waals surface area contributed by atoms with Gasteiger partial charge in [-0.15, -0.1) is 11.3 Å². The number of hydrogen-bond donors (Lipinski definition) is 2. The largest absolute Gasteiger partial charge is 0.351 e. The second kappa shape index (κ2) is 7.65. The maximum absolute atomic E-state index is 13.5. The zero-order chi connectivity index (χ0) is 15.9. The summed E-state index contributed by atoms with van der Waals surface area (Å²) in [7, 11) is 0. The predicted molar refractivity (Wildman–Crippen MR) is 83.7 cm³/mol. The maximum atomic E-state index is 13.5. The first-order valence-electron chi connectivity index (χ1n) is 6.91. The van der Waals surface area contributed by atoms with Gasteiger partial charge in [0.1, 0.15) is 11.5 Å². The Morgan fingerprint density at radius 3 is 2.77 bits per heavy atom. The van der Waals surface area contributed by atoms with Gasteiger partial charge < -0.3 is 5.32 Å². The molecule has 0 unspecified atom stereocenters. The third kappa shape index (κ3) is 4.11. The molecule has 2 N–H and O–H groups in total. The standard InChI is InChI=1S/C15H16FN3O2S/c1-2-3-8-17-14(21)12-9-22-15(18-12)19-13(20)10-6-4-5-7-11(10)16/h4-7,9H,2-3,8H2,1H3,(H,17,21)(H,18,19,20). The fraction of sp³-hybridized carbons (Fsp3) is 0.267. The van der Waals surface area contributed by atoms with Crippen LogP contribution in [0.15, 0.2) is 29.6 Å². The van der Waals surface area contributed by atoms with Crippen LogP contribution in [0.2, 0.25) is 0 Å². The van der Waals surface area contributed by atoms with Gasteiger partial charge in [0.15, 0.2) is 5.13 Å². The summed E-state index contributed by atoms with van der Waals surface area (Å²) in [6.45, 7) is 2.62. The van der Waals surface area contributed by atoms with Crippen LogP contribution in [0.25, 0.3) is 0 Å². The van der Waals surface area contributed by atoms with E-state index in [2.05, 4.69) is 15.6 Å². The molecule has 0 aliphatic carbocycles. The Labute approximate surface area is 131 Å². The van der Waals surface area contributed by atoms with Crippen LogP contribution in [-0.4, -0.2) is 23.3 Å². The summed E-state index contributed by atoms with van der Waals surface area (Å²) in [4.78, 5) is 27.8. The number of nitrogens with one attached hydrogen (secondary N) is 2. The highest BCUT2D eigenvalue weighted by atomic mass is 32.1. The first kappa shape index (κ1) is 16.1. The van der Waals surface area contributed by atoms with E-state index in [1.165, 1.54) is 18.2 Å². The molecule has 22 heavy (non-hydrogen) atoms. The molecule has 0 bridgehead atoms. The molecule has 0 spiro atoms. The number of carbonyl (C=O) groups is 2. The second-order valence-electron chi connectivity index (χ2n) is 4.58. The highest BCUT2D eigenvalue weighted by Crippen LogP contribution is 2.17. The number of halogens is 1. The lowest BCUT2D eigenvalue weighted by atomic mass is 10.2. The molecule has 0 fully saturated rings. The molecule has 0 aliphatic rings. The minimum atomic E-state index is -0.603. The number of aromatic nitrogens is 1. The molecule has 116 valence electrons.